The molecule has 0 saturated carbocycles. The van der Waals surface area contributed by atoms with E-state index in [-0.39, 0.29) is 11.7 Å². The number of carbonyl (C=O) groups excluding carboxylic acids is 1. The summed E-state index contributed by atoms with van der Waals surface area (Å²) in [5.41, 5.74) is 6.44. The van der Waals surface area contributed by atoms with Crippen LogP contribution in [-0.2, 0) is 9.47 Å². The minimum Gasteiger partial charge on any atom is -0.397 e. The lowest BCUT2D eigenvalue weighted by molar-refractivity contribution is 0.0705. The standard InChI is InChI=1S/C14H24N2O3S/c1-10(2)13(17)14-11(15)9-12(20-14)16-5-4-6-19-8-7-18-3/h9-10,16H,4-8,15H2,1-3H3. The first-order valence-electron chi connectivity index (χ1n) is 6.80. The van der Waals surface area contributed by atoms with Crippen molar-refractivity contribution in [1.29, 1.82) is 0 Å². The van der Waals surface area contributed by atoms with Crippen molar-refractivity contribution in [3.63, 3.8) is 0 Å². The molecule has 0 radical (unpaired) electrons. The second-order valence-corrected chi connectivity index (χ2v) is 5.85. The second-order valence-electron chi connectivity index (χ2n) is 4.80. The molecule has 3 N–H and O–H groups in total. The number of nitrogens with one attached hydrogen (secondary N) is 1. The fraction of sp³-hybridized carbons (Fsp3) is 0.643. The molecule has 0 fully saturated rings. The Morgan fingerprint density at radius 2 is 2.15 bits per heavy atom. The van der Waals surface area contributed by atoms with Crippen molar-refractivity contribution in [3.8, 4) is 0 Å². The number of anilines is 2. The van der Waals surface area contributed by atoms with E-state index in [1.807, 2.05) is 19.9 Å². The largest absolute Gasteiger partial charge is 0.397 e. The first-order valence-corrected chi connectivity index (χ1v) is 7.62. The van der Waals surface area contributed by atoms with Crippen molar-refractivity contribution in [2.75, 3.05) is 44.5 Å². The number of hydrogen-bond donors (Lipinski definition) is 2. The van der Waals surface area contributed by atoms with Gasteiger partial charge in [0.05, 0.1) is 28.8 Å². The SMILES string of the molecule is COCCOCCCNc1cc(N)c(C(=O)C(C)C)s1. The topological polar surface area (TPSA) is 73.6 Å². The summed E-state index contributed by atoms with van der Waals surface area (Å²) < 4.78 is 10.3. The van der Waals surface area contributed by atoms with Crippen LogP contribution in [0.5, 0.6) is 0 Å². The van der Waals surface area contributed by atoms with Crippen molar-refractivity contribution < 1.29 is 14.3 Å². The average molecular weight is 300 g/mol. The summed E-state index contributed by atoms with van der Waals surface area (Å²) >= 11 is 1.42. The van der Waals surface area contributed by atoms with Crippen molar-refractivity contribution in [2.24, 2.45) is 5.92 Å². The summed E-state index contributed by atoms with van der Waals surface area (Å²) in [6.07, 6.45) is 0.898. The maximum absolute atomic E-state index is 11.9. The zero-order valence-corrected chi connectivity index (χ0v) is 13.2. The zero-order valence-electron chi connectivity index (χ0n) is 12.4. The molecule has 1 heterocycles. The third-order valence-electron chi connectivity index (χ3n) is 2.71. The van der Waals surface area contributed by atoms with Crippen LogP contribution in [0, 0.1) is 5.92 Å². The van der Waals surface area contributed by atoms with Crippen LogP contribution in [0.15, 0.2) is 6.07 Å². The van der Waals surface area contributed by atoms with Crippen LogP contribution in [0.3, 0.4) is 0 Å². The van der Waals surface area contributed by atoms with Gasteiger partial charge in [-0.2, -0.15) is 0 Å². The maximum Gasteiger partial charge on any atom is 0.177 e. The van der Waals surface area contributed by atoms with Crippen molar-refractivity contribution in [2.45, 2.75) is 20.3 Å². The molecule has 5 nitrogen and oxygen atoms in total. The molecule has 1 aromatic heterocycles. The Balaban J connectivity index is 2.31. The van der Waals surface area contributed by atoms with E-state index in [2.05, 4.69) is 5.32 Å². The highest BCUT2D eigenvalue weighted by Crippen LogP contribution is 2.31. The Bertz CT molecular complexity index is 419. The highest BCUT2D eigenvalue weighted by Gasteiger charge is 2.17. The van der Waals surface area contributed by atoms with Gasteiger partial charge in [0.15, 0.2) is 5.78 Å². The molecule has 0 bridgehead atoms. The molecule has 0 spiro atoms. The van der Waals surface area contributed by atoms with Gasteiger partial charge in [-0.3, -0.25) is 4.79 Å². The fourth-order valence-electron chi connectivity index (χ4n) is 1.58. The summed E-state index contributed by atoms with van der Waals surface area (Å²) in [5.74, 6) is 0.0708. The maximum atomic E-state index is 11.9. The van der Waals surface area contributed by atoms with Gasteiger partial charge >= 0.3 is 0 Å². The number of ether oxygens (including phenoxy) is 2. The lowest BCUT2D eigenvalue weighted by Gasteiger charge is -2.05. The van der Waals surface area contributed by atoms with Gasteiger partial charge in [-0.15, -0.1) is 11.3 Å². The molecular weight excluding hydrogens is 276 g/mol. The van der Waals surface area contributed by atoms with Gasteiger partial charge in [0.1, 0.15) is 0 Å². The van der Waals surface area contributed by atoms with Crippen LogP contribution in [0.1, 0.15) is 29.9 Å². The van der Waals surface area contributed by atoms with E-state index in [0.29, 0.717) is 30.4 Å². The summed E-state index contributed by atoms with van der Waals surface area (Å²) in [5, 5.41) is 4.20. The Morgan fingerprint density at radius 1 is 1.40 bits per heavy atom. The van der Waals surface area contributed by atoms with Gasteiger partial charge in [0.2, 0.25) is 0 Å². The highest BCUT2D eigenvalue weighted by atomic mass is 32.1. The average Bonchev–Trinajstić information content (AvgIpc) is 2.78. The number of hydrogen-bond acceptors (Lipinski definition) is 6. The quantitative estimate of drug-likeness (QED) is 0.513. The number of ketones is 1. The van der Waals surface area contributed by atoms with E-state index in [1.54, 1.807) is 7.11 Å². The molecule has 0 aliphatic carbocycles. The third-order valence-corrected chi connectivity index (χ3v) is 3.83. The zero-order chi connectivity index (χ0) is 15.0. The predicted octanol–water partition coefficient (Wildman–Crippen LogP) is 2.63. The molecule has 1 rings (SSSR count). The normalized spacial score (nSPS) is 11.0. The van der Waals surface area contributed by atoms with E-state index in [1.165, 1.54) is 11.3 Å². The Morgan fingerprint density at radius 3 is 2.80 bits per heavy atom. The van der Waals surface area contributed by atoms with E-state index in [0.717, 1.165) is 18.0 Å². The van der Waals surface area contributed by atoms with Gasteiger partial charge in [-0.25, -0.2) is 0 Å². The predicted molar refractivity (Wildman–Crippen MR) is 83.7 cm³/mol. The van der Waals surface area contributed by atoms with Gasteiger partial charge in [0.25, 0.3) is 0 Å². The van der Waals surface area contributed by atoms with Crippen LogP contribution in [0.25, 0.3) is 0 Å². The third kappa shape index (κ3) is 5.48. The van der Waals surface area contributed by atoms with E-state index in [9.17, 15) is 4.79 Å². The van der Waals surface area contributed by atoms with Crippen LogP contribution in [0.4, 0.5) is 10.7 Å². The Kier molecular flexibility index (Phi) is 7.58. The van der Waals surface area contributed by atoms with Crippen LogP contribution in [-0.4, -0.2) is 39.3 Å². The molecule has 114 valence electrons. The summed E-state index contributed by atoms with van der Waals surface area (Å²) in [7, 11) is 1.65. The van der Waals surface area contributed by atoms with Gasteiger partial charge < -0.3 is 20.5 Å². The van der Waals surface area contributed by atoms with Crippen LogP contribution in [0.2, 0.25) is 0 Å². The molecule has 20 heavy (non-hydrogen) atoms. The van der Waals surface area contributed by atoms with Crippen LogP contribution < -0.4 is 11.1 Å². The summed E-state index contributed by atoms with van der Waals surface area (Å²) in [4.78, 5) is 12.6. The highest BCUT2D eigenvalue weighted by molar-refractivity contribution is 7.18. The van der Waals surface area contributed by atoms with E-state index in [4.69, 9.17) is 15.2 Å². The molecule has 0 atom stereocenters. The summed E-state index contributed by atoms with van der Waals surface area (Å²) in [6.45, 7) is 6.49. The number of carbonyl (C=O) groups is 1. The molecule has 1 aromatic rings. The van der Waals surface area contributed by atoms with Gasteiger partial charge in [-0.05, 0) is 12.5 Å². The fourth-order valence-corrected chi connectivity index (χ4v) is 2.67. The lowest BCUT2D eigenvalue weighted by atomic mass is 10.1. The smallest absolute Gasteiger partial charge is 0.177 e. The van der Waals surface area contributed by atoms with Crippen molar-refractivity contribution >= 4 is 27.8 Å². The molecule has 0 saturated heterocycles. The molecule has 0 aliphatic rings. The monoisotopic (exact) mass is 300 g/mol. The molecule has 0 amide bonds. The van der Waals surface area contributed by atoms with Crippen LogP contribution >= 0.6 is 11.3 Å². The minimum absolute atomic E-state index is 0.0296. The molecular formula is C14H24N2O3S. The molecule has 0 aromatic carbocycles. The van der Waals surface area contributed by atoms with E-state index >= 15 is 0 Å². The number of rotatable bonds is 10. The number of Topliss-reactive ketones (excluding diaryl/α,β-unsaturated/α-hetero) is 1. The van der Waals surface area contributed by atoms with E-state index < -0.39 is 0 Å². The Hall–Kier alpha value is -1.11. The Labute approximate surface area is 124 Å². The number of thiophene rings is 1. The molecule has 0 aliphatic heterocycles. The first kappa shape index (κ1) is 16.9. The molecule has 6 heteroatoms. The summed E-state index contributed by atoms with van der Waals surface area (Å²) in [6, 6.07) is 1.83. The molecule has 0 unspecified atom stereocenters. The van der Waals surface area contributed by atoms with Gasteiger partial charge in [0, 0.05) is 26.2 Å². The second kappa shape index (κ2) is 8.94. The number of methoxy groups -OCH3 is 1. The van der Waals surface area contributed by atoms with Crippen molar-refractivity contribution in [1.82, 2.24) is 0 Å². The lowest BCUT2D eigenvalue weighted by Crippen LogP contribution is -2.07. The van der Waals surface area contributed by atoms with Gasteiger partial charge in [-0.1, -0.05) is 13.8 Å². The first-order chi connectivity index (χ1) is 9.56. The number of nitrogen functional groups attached to an aromatic ring is 1. The van der Waals surface area contributed by atoms with Crippen molar-refractivity contribution in [3.05, 3.63) is 10.9 Å². The number of nitrogens with two attached hydrogens (primary N) is 1. The minimum atomic E-state index is -0.0296.